The second-order valence-electron chi connectivity index (χ2n) is 6.58. The molecule has 0 spiro atoms. The Morgan fingerprint density at radius 2 is 1.79 bits per heavy atom. The standard InChI is InChI=1S/C22H18BrFN4O/c1-28-19-10-6-5-9-18(19)25-21(28)20(14-7-3-2-4-8-14)27-22(29)26-17-12-11-15(24)13-16(17)23/h2-13,20H,1H3,(H2,26,27,29)/t20-/m0/s1. The monoisotopic (exact) mass is 452 g/mol. The molecule has 0 fully saturated rings. The Morgan fingerprint density at radius 3 is 2.52 bits per heavy atom. The van der Waals surface area contributed by atoms with Crippen LogP contribution in [0.15, 0.2) is 77.3 Å². The number of carbonyl (C=O) groups excluding carboxylic acids is 1. The number of urea groups is 1. The van der Waals surface area contributed by atoms with Gasteiger partial charge in [0.15, 0.2) is 0 Å². The van der Waals surface area contributed by atoms with E-state index in [1.807, 2.05) is 66.2 Å². The quantitative estimate of drug-likeness (QED) is 0.436. The van der Waals surface area contributed by atoms with Gasteiger partial charge in [-0.15, -0.1) is 0 Å². The average molecular weight is 453 g/mol. The van der Waals surface area contributed by atoms with Gasteiger partial charge in [-0.3, -0.25) is 0 Å². The number of nitrogens with zero attached hydrogens (tertiary/aromatic N) is 2. The van der Waals surface area contributed by atoms with E-state index in [4.69, 9.17) is 4.98 Å². The van der Waals surface area contributed by atoms with Gasteiger partial charge in [0.1, 0.15) is 17.7 Å². The third-order valence-corrected chi connectivity index (χ3v) is 5.32. The molecule has 0 aliphatic carbocycles. The van der Waals surface area contributed by atoms with Crippen LogP contribution in [-0.4, -0.2) is 15.6 Å². The number of fused-ring (bicyclic) bond motifs is 1. The lowest BCUT2D eigenvalue weighted by atomic mass is 10.1. The predicted octanol–water partition coefficient (Wildman–Crippen LogP) is 5.39. The number of aromatic nitrogens is 2. The Morgan fingerprint density at radius 1 is 1.07 bits per heavy atom. The first-order valence-corrected chi connectivity index (χ1v) is 9.81. The first kappa shape index (κ1) is 19.1. The van der Waals surface area contributed by atoms with Crippen LogP contribution in [0.1, 0.15) is 17.4 Å². The van der Waals surface area contributed by atoms with Gasteiger partial charge in [-0.05, 0) is 51.8 Å². The van der Waals surface area contributed by atoms with Gasteiger partial charge in [0.25, 0.3) is 0 Å². The average Bonchev–Trinajstić information content (AvgIpc) is 3.06. The fourth-order valence-corrected chi connectivity index (χ4v) is 3.70. The molecule has 1 aromatic heterocycles. The summed E-state index contributed by atoms with van der Waals surface area (Å²) in [5.41, 5.74) is 3.21. The van der Waals surface area contributed by atoms with Crippen LogP contribution >= 0.6 is 15.9 Å². The summed E-state index contributed by atoms with van der Waals surface area (Å²) in [6.45, 7) is 0. The molecule has 0 bridgehead atoms. The first-order chi connectivity index (χ1) is 14.0. The molecular weight excluding hydrogens is 435 g/mol. The topological polar surface area (TPSA) is 59.0 Å². The lowest BCUT2D eigenvalue weighted by Gasteiger charge is -2.20. The number of halogens is 2. The van der Waals surface area contributed by atoms with Gasteiger partial charge in [-0.2, -0.15) is 0 Å². The molecule has 1 heterocycles. The van der Waals surface area contributed by atoms with Crippen LogP contribution in [0.5, 0.6) is 0 Å². The summed E-state index contributed by atoms with van der Waals surface area (Å²) in [5.74, 6) is 0.329. The first-order valence-electron chi connectivity index (χ1n) is 9.02. The summed E-state index contributed by atoms with van der Waals surface area (Å²) in [4.78, 5) is 17.5. The van der Waals surface area contributed by atoms with Gasteiger partial charge >= 0.3 is 6.03 Å². The molecule has 146 valence electrons. The molecule has 0 saturated heterocycles. The van der Waals surface area contributed by atoms with Crippen molar-refractivity contribution in [2.45, 2.75) is 6.04 Å². The van der Waals surface area contributed by atoms with Crippen LogP contribution in [0.2, 0.25) is 0 Å². The number of imidazole rings is 1. The maximum absolute atomic E-state index is 13.3. The summed E-state index contributed by atoms with van der Waals surface area (Å²) in [5, 5.41) is 5.75. The van der Waals surface area contributed by atoms with E-state index in [0.29, 0.717) is 16.0 Å². The zero-order valence-corrected chi connectivity index (χ0v) is 17.2. The van der Waals surface area contributed by atoms with Crippen molar-refractivity contribution >= 4 is 38.7 Å². The molecule has 0 unspecified atom stereocenters. The number of nitrogens with one attached hydrogen (secondary N) is 2. The Balaban J connectivity index is 1.68. The Kier molecular flexibility index (Phi) is 5.31. The van der Waals surface area contributed by atoms with Crippen molar-refractivity contribution in [3.05, 3.63) is 94.5 Å². The molecule has 2 amide bonds. The van der Waals surface area contributed by atoms with Crippen molar-refractivity contribution in [1.82, 2.24) is 14.9 Å². The van der Waals surface area contributed by atoms with E-state index in [1.165, 1.54) is 18.2 Å². The zero-order valence-electron chi connectivity index (χ0n) is 15.6. The van der Waals surface area contributed by atoms with Crippen molar-refractivity contribution in [1.29, 1.82) is 0 Å². The largest absolute Gasteiger partial charge is 0.329 e. The molecule has 0 saturated carbocycles. The molecule has 0 aliphatic rings. The van der Waals surface area contributed by atoms with Crippen LogP contribution in [-0.2, 0) is 7.05 Å². The predicted molar refractivity (Wildman–Crippen MR) is 115 cm³/mol. The number of aryl methyl sites for hydroxylation is 1. The number of benzene rings is 3. The van der Waals surface area contributed by atoms with Gasteiger partial charge in [-0.1, -0.05) is 42.5 Å². The Bertz CT molecular complexity index is 1180. The molecule has 5 nitrogen and oxygen atoms in total. The molecule has 1 atom stereocenters. The van der Waals surface area contributed by atoms with E-state index >= 15 is 0 Å². The van der Waals surface area contributed by atoms with Crippen molar-refractivity contribution in [3.8, 4) is 0 Å². The summed E-state index contributed by atoms with van der Waals surface area (Å²) < 4.78 is 15.8. The van der Waals surface area contributed by atoms with Gasteiger partial charge < -0.3 is 15.2 Å². The SMILES string of the molecule is Cn1c([C@@H](NC(=O)Nc2ccc(F)cc2Br)c2ccccc2)nc2ccccc21. The van der Waals surface area contributed by atoms with Crippen LogP contribution in [0.25, 0.3) is 11.0 Å². The second kappa shape index (κ2) is 8.05. The minimum Gasteiger partial charge on any atom is -0.329 e. The van der Waals surface area contributed by atoms with E-state index < -0.39 is 12.1 Å². The number of para-hydroxylation sites is 2. The van der Waals surface area contributed by atoms with Crippen molar-refractivity contribution in [2.75, 3.05) is 5.32 Å². The molecule has 4 rings (SSSR count). The van der Waals surface area contributed by atoms with E-state index in [2.05, 4.69) is 26.6 Å². The highest BCUT2D eigenvalue weighted by Crippen LogP contribution is 2.26. The van der Waals surface area contributed by atoms with Gasteiger partial charge in [0.05, 0.1) is 16.7 Å². The van der Waals surface area contributed by atoms with E-state index in [1.54, 1.807) is 0 Å². The summed E-state index contributed by atoms with van der Waals surface area (Å²) in [6, 6.07) is 20.7. The van der Waals surface area contributed by atoms with E-state index in [0.717, 1.165) is 16.6 Å². The molecule has 4 aromatic rings. The summed E-state index contributed by atoms with van der Waals surface area (Å²) in [6.07, 6.45) is 0. The van der Waals surface area contributed by atoms with Crippen LogP contribution in [0.4, 0.5) is 14.9 Å². The Hall–Kier alpha value is -3.19. The molecule has 29 heavy (non-hydrogen) atoms. The number of carbonyl (C=O) groups is 1. The number of amides is 2. The smallest absolute Gasteiger partial charge is 0.320 e. The maximum Gasteiger partial charge on any atom is 0.320 e. The minimum atomic E-state index is -0.465. The van der Waals surface area contributed by atoms with Crippen molar-refractivity contribution < 1.29 is 9.18 Å². The van der Waals surface area contributed by atoms with Crippen molar-refractivity contribution in [2.24, 2.45) is 7.05 Å². The maximum atomic E-state index is 13.3. The molecule has 7 heteroatoms. The highest BCUT2D eigenvalue weighted by Gasteiger charge is 2.23. The van der Waals surface area contributed by atoms with Gasteiger partial charge in [0.2, 0.25) is 0 Å². The van der Waals surface area contributed by atoms with Crippen LogP contribution in [0, 0.1) is 5.82 Å². The lowest BCUT2D eigenvalue weighted by molar-refractivity contribution is 0.249. The van der Waals surface area contributed by atoms with Crippen LogP contribution < -0.4 is 10.6 Å². The molecule has 0 aliphatic heterocycles. The molecular formula is C22H18BrFN4O. The second-order valence-corrected chi connectivity index (χ2v) is 7.44. The molecule has 0 radical (unpaired) electrons. The summed E-state index contributed by atoms with van der Waals surface area (Å²) >= 11 is 3.27. The normalized spacial score (nSPS) is 12.0. The fourth-order valence-electron chi connectivity index (χ4n) is 3.25. The third-order valence-electron chi connectivity index (χ3n) is 4.67. The van der Waals surface area contributed by atoms with Crippen LogP contribution in [0.3, 0.4) is 0 Å². The highest BCUT2D eigenvalue weighted by atomic mass is 79.9. The third kappa shape index (κ3) is 4.00. The minimum absolute atomic E-state index is 0.385. The lowest BCUT2D eigenvalue weighted by Crippen LogP contribution is -2.34. The van der Waals surface area contributed by atoms with Gasteiger partial charge in [-0.25, -0.2) is 14.2 Å². The summed E-state index contributed by atoms with van der Waals surface area (Å²) in [7, 11) is 1.93. The van der Waals surface area contributed by atoms with Gasteiger partial charge in [0, 0.05) is 11.5 Å². The molecule has 2 N–H and O–H groups in total. The zero-order chi connectivity index (χ0) is 20.4. The molecule has 3 aromatic carbocycles. The number of hydrogen-bond acceptors (Lipinski definition) is 2. The highest BCUT2D eigenvalue weighted by molar-refractivity contribution is 9.10. The van der Waals surface area contributed by atoms with E-state index in [-0.39, 0.29) is 5.82 Å². The Labute approximate surface area is 175 Å². The number of anilines is 1. The van der Waals surface area contributed by atoms with Crippen molar-refractivity contribution in [3.63, 3.8) is 0 Å². The number of hydrogen-bond donors (Lipinski definition) is 2. The van der Waals surface area contributed by atoms with E-state index in [9.17, 15) is 9.18 Å². The number of rotatable bonds is 4. The fraction of sp³-hybridized carbons (Fsp3) is 0.0909.